The number of rotatable bonds is 4. The topological polar surface area (TPSA) is 38.3 Å². The molecule has 3 heteroatoms. The molecule has 0 spiro atoms. The highest BCUT2D eigenvalue weighted by Crippen LogP contribution is 2.24. The van der Waals surface area contributed by atoms with E-state index >= 15 is 0 Å². The summed E-state index contributed by atoms with van der Waals surface area (Å²) in [5.41, 5.74) is 3.84. The molecule has 0 aromatic heterocycles. The van der Waals surface area contributed by atoms with E-state index in [0.29, 0.717) is 12.2 Å². The summed E-state index contributed by atoms with van der Waals surface area (Å²) >= 11 is 0. The minimum atomic E-state index is 0.0615. The lowest BCUT2D eigenvalue weighted by Gasteiger charge is -2.18. The molecule has 0 unspecified atom stereocenters. The average molecular weight is 281 g/mol. The largest absolute Gasteiger partial charge is 0.494 e. The molecular formula is C18H19NO2. The van der Waals surface area contributed by atoms with Gasteiger partial charge in [0.15, 0.2) is 5.78 Å². The maximum Gasteiger partial charge on any atom is 0.193 e. The Labute approximate surface area is 124 Å². The van der Waals surface area contributed by atoms with E-state index < -0.39 is 0 Å². The van der Waals surface area contributed by atoms with Crippen molar-refractivity contribution in [2.24, 2.45) is 0 Å². The number of ketones is 1. The molecule has 0 saturated carbocycles. The monoisotopic (exact) mass is 281 g/mol. The molecule has 0 radical (unpaired) electrons. The van der Waals surface area contributed by atoms with E-state index in [9.17, 15) is 4.79 Å². The number of nitrogens with one attached hydrogen (secondary N) is 1. The predicted molar refractivity (Wildman–Crippen MR) is 84.3 cm³/mol. The van der Waals surface area contributed by atoms with Gasteiger partial charge < -0.3 is 10.1 Å². The van der Waals surface area contributed by atoms with Crippen molar-refractivity contribution in [2.75, 3.05) is 18.5 Å². The van der Waals surface area contributed by atoms with Gasteiger partial charge in [0.1, 0.15) is 5.75 Å². The number of benzene rings is 2. The first-order valence-corrected chi connectivity index (χ1v) is 7.42. The fraction of sp³-hybridized carbons (Fsp3) is 0.278. The second-order valence-corrected chi connectivity index (χ2v) is 5.19. The molecule has 0 fully saturated rings. The number of hydrogen-bond acceptors (Lipinski definition) is 3. The summed E-state index contributed by atoms with van der Waals surface area (Å²) in [7, 11) is 0. The van der Waals surface area contributed by atoms with Crippen LogP contribution >= 0.6 is 0 Å². The summed E-state index contributed by atoms with van der Waals surface area (Å²) in [4.78, 5) is 12.5. The normalized spacial score (nSPS) is 13.2. The van der Waals surface area contributed by atoms with E-state index in [2.05, 4.69) is 5.32 Å². The fourth-order valence-electron chi connectivity index (χ4n) is 2.65. The van der Waals surface area contributed by atoms with Crippen molar-refractivity contribution < 1.29 is 9.53 Å². The smallest absolute Gasteiger partial charge is 0.193 e. The molecule has 0 amide bonds. The highest BCUT2D eigenvalue weighted by molar-refractivity contribution is 6.09. The Kier molecular flexibility index (Phi) is 3.91. The first-order valence-electron chi connectivity index (χ1n) is 7.42. The molecule has 1 heterocycles. The first kappa shape index (κ1) is 13.7. The van der Waals surface area contributed by atoms with Crippen LogP contribution in [0.5, 0.6) is 5.75 Å². The van der Waals surface area contributed by atoms with Crippen molar-refractivity contribution in [1.29, 1.82) is 0 Å². The van der Waals surface area contributed by atoms with Gasteiger partial charge in [-0.05, 0) is 67.8 Å². The van der Waals surface area contributed by atoms with Crippen molar-refractivity contribution in [2.45, 2.75) is 19.8 Å². The molecule has 0 aliphatic carbocycles. The quantitative estimate of drug-likeness (QED) is 0.869. The number of fused-ring (bicyclic) bond motifs is 1. The minimum absolute atomic E-state index is 0.0615. The SMILES string of the molecule is CCOc1ccc(C(=O)c2ccc3c(c2)CCCN3)cc1. The molecule has 1 aliphatic heterocycles. The lowest BCUT2D eigenvalue weighted by Crippen LogP contribution is -2.12. The number of aryl methyl sites for hydroxylation is 1. The number of ether oxygens (including phenoxy) is 1. The van der Waals surface area contributed by atoms with Crippen LogP contribution in [-0.2, 0) is 6.42 Å². The van der Waals surface area contributed by atoms with E-state index in [1.165, 1.54) is 5.56 Å². The van der Waals surface area contributed by atoms with Crippen LogP contribution in [0, 0.1) is 0 Å². The van der Waals surface area contributed by atoms with Gasteiger partial charge in [-0.3, -0.25) is 4.79 Å². The van der Waals surface area contributed by atoms with Crippen LogP contribution in [0.1, 0.15) is 34.8 Å². The molecule has 3 rings (SSSR count). The lowest BCUT2D eigenvalue weighted by molar-refractivity contribution is 0.103. The van der Waals surface area contributed by atoms with Gasteiger partial charge in [-0.25, -0.2) is 0 Å². The van der Waals surface area contributed by atoms with Crippen molar-refractivity contribution in [1.82, 2.24) is 0 Å². The Morgan fingerprint density at radius 3 is 2.67 bits per heavy atom. The highest BCUT2D eigenvalue weighted by atomic mass is 16.5. The molecule has 2 aromatic carbocycles. The molecule has 0 bridgehead atoms. The van der Waals surface area contributed by atoms with E-state index in [-0.39, 0.29) is 5.78 Å². The van der Waals surface area contributed by atoms with Gasteiger partial charge in [0, 0.05) is 23.4 Å². The summed E-state index contributed by atoms with van der Waals surface area (Å²) in [6.07, 6.45) is 2.15. The standard InChI is InChI=1S/C18H19NO2/c1-2-21-16-8-5-13(6-9-16)18(20)15-7-10-17-14(12-15)4-3-11-19-17/h5-10,12,19H,2-4,11H2,1H3. The summed E-state index contributed by atoms with van der Waals surface area (Å²) in [6, 6.07) is 13.3. The van der Waals surface area contributed by atoms with Crippen molar-refractivity contribution in [3.8, 4) is 5.75 Å². The maximum absolute atomic E-state index is 12.5. The molecule has 21 heavy (non-hydrogen) atoms. The highest BCUT2D eigenvalue weighted by Gasteiger charge is 2.14. The van der Waals surface area contributed by atoms with Crippen molar-refractivity contribution >= 4 is 11.5 Å². The predicted octanol–water partition coefficient (Wildman–Crippen LogP) is 3.67. The van der Waals surface area contributed by atoms with Gasteiger partial charge in [-0.2, -0.15) is 0 Å². The third-order valence-corrected chi connectivity index (χ3v) is 3.73. The molecule has 3 nitrogen and oxygen atoms in total. The summed E-state index contributed by atoms with van der Waals surface area (Å²) in [5, 5.41) is 3.36. The summed E-state index contributed by atoms with van der Waals surface area (Å²) < 4.78 is 5.40. The molecule has 1 N–H and O–H groups in total. The number of hydrogen-bond donors (Lipinski definition) is 1. The van der Waals surface area contributed by atoms with Crippen LogP contribution in [-0.4, -0.2) is 18.9 Å². The van der Waals surface area contributed by atoms with E-state index in [0.717, 1.165) is 36.4 Å². The molecule has 0 saturated heterocycles. The molecule has 2 aromatic rings. The van der Waals surface area contributed by atoms with E-state index in [1.807, 2.05) is 49.4 Å². The van der Waals surface area contributed by atoms with Gasteiger partial charge in [0.2, 0.25) is 0 Å². The lowest BCUT2D eigenvalue weighted by atomic mass is 9.96. The third-order valence-electron chi connectivity index (χ3n) is 3.73. The van der Waals surface area contributed by atoms with Crippen LogP contribution in [0.4, 0.5) is 5.69 Å². The van der Waals surface area contributed by atoms with Crippen LogP contribution in [0.25, 0.3) is 0 Å². The van der Waals surface area contributed by atoms with Gasteiger partial charge in [0.05, 0.1) is 6.61 Å². The van der Waals surface area contributed by atoms with Crippen molar-refractivity contribution in [3.63, 3.8) is 0 Å². The zero-order valence-corrected chi connectivity index (χ0v) is 12.2. The molecule has 1 aliphatic rings. The third kappa shape index (κ3) is 2.92. The van der Waals surface area contributed by atoms with Gasteiger partial charge in [-0.15, -0.1) is 0 Å². The van der Waals surface area contributed by atoms with Crippen molar-refractivity contribution in [3.05, 3.63) is 59.2 Å². The number of anilines is 1. The van der Waals surface area contributed by atoms with Crippen LogP contribution in [0.15, 0.2) is 42.5 Å². The van der Waals surface area contributed by atoms with Crippen LogP contribution in [0.2, 0.25) is 0 Å². The molecule has 108 valence electrons. The summed E-state index contributed by atoms with van der Waals surface area (Å²) in [5.74, 6) is 0.857. The number of carbonyl (C=O) groups excluding carboxylic acids is 1. The van der Waals surface area contributed by atoms with E-state index in [1.54, 1.807) is 0 Å². The van der Waals surface area contributed by atoms with Crippen LogP contribution < -0.4 is 10.1 Å². The second-order valence-electron chi connectivity index (χ2n) is 5.19. The Hall–Kier alpha value is -2.29. The van der Waals surface area contributed by atoms with Gasteiger partial charge >= 0.3 is 0 Å². The second kappa shape index (κ2) is 6.00. The Balaban J connectivity index is 1.84. The minimum Gasteiger partial charge on any atom is -0.494 e. The molecule has 0 atom stereocenters. The Morgan fingerprint density at radius 2 is 1.90 bits per heavy atom. The van der Waals surface area contributed by atoms with Gasteiger partial charge in [0.25, 0.3) is 0 Å². The maximum atomic E-state index is 12.5. The zero-order valence-electron chi connectivity index (χ0n) is 12.2. The molecular weight excluding hydrogens is 262 g/mol. The summed E-state index contributed by atoms with van der Waals surface area (Å²) in [6.45, 7) is 3.59. The fourth-order valence-corrected chi connectivity index (χ4v) is 2.65. The van der Waals surface area contributed by atoms with Gasteiger partial charge in [-0.1, -0.05) is 0 Å². The average Bonchev–Trinajstić information content (AvgIpc) is 2.55. The Morgan fingerprint density at radius 1 is 1.14 bits per heavy atom. The van der Waals surface area contributed by atoms with Crippen LogP contribution in [0.3, 0.4) is 0 Å². The zero-order chi connectivity index (χ0) is 14.7. The van der Waals surface area contributed by atoms with E-state index in [4.69, 9.17) is 4.74 Å². The Bertz CT molecular complexity index is 647. The number of carbonyl (C=O) groups is 1. The first-order chi connectivity index (χ1) is 10.3.